The molecule has 1 aromatic carbocycles. The molecule has 8 heteroatoms. The SMILES string of the molecule is CC(C)COCCNc1cc(C(=O)O)c([N+](=O)[O-])cc1F. The number of carboxylic acids is 1. The van der Waals surface area contributed by atoms with Gasteiger partial charge in [0.05, 0.1) is 23.3 Å². The third-order valence-corrected chi connectivity index (χ3v) is 2.53. The molecule has 0 heterocycles. The predicted molar refractivity (Wildman–Crippen MR) is 74.2 cm³/mol. The molecule has 0 spiro atoms. The van der Waals surface area contributed by atoms with Gasteiger partial charge in [0.2, 0.25) is 0 Å². The Morgan fingerprint density at radius 3 is 2.71 bits per heavy atom. The van der Waals surface area contributed by atoms with Crippen LogP contribution in [0.15, 0.2) is 12.1 Å². The van der Waals surface area contributed by atoms with Gasteiger partial charge in [0.15, 0.2) is 5.82 Å². The molecule has 0 unspecified atom stereocenters. The standard InChI is InChI=1S/C13H17FN2O5/c1-8(2)7-21-4-3-15-11-5-9(13(17)18)12(16(19)20)6-10(11)14/h5-6,8,15H,3-4,7H2,1-2H3,(H,17,18). The highest BCUT2D eigenvalue weighted by Crippen LogP contribution is 2.26. The first-order valence-electron chi connectivity index (χ1n) is 6.35. The lowest BCUT2D eigenvalue weighted by Gasteiger charge is -2.10. The van der Waals surface area contributed by atoms with E-state index in [1.54, 1.807) is 0 Å². The molecule has 7 nitrogen and oxygen atoms in total. The lowest BCUT2D eigenvalue weighted by Crippen LogP contribution is -2.14. The van der Waals surface area contributed by atoms with E-state index in [1.807, 2.05) is 13.8 Å². The molecule has 0 saturated carbocycles. The maximum atomic E-state index is 13.7. The highest BCUT2D eigenvalue weighted by Gasteiger charge is 2.23. The second-order valence-corrected chi connectivity index (χ2v) is 4.81. The van der Waals surface area contributed by atoms with Crippen LogP contribution < -0.4 is 5.32 Å². The van der Waals surface area contributed by atoms with Crippen molar-refractivity contribution < 1.29 is 24.0 Å². The van der Waals surface area contributed by atoms with Gasteiger partial charge in [-0.15, -0.1) is 0 Å². The number of hydrogen-bond acceptors (Lipinski definition) is 5. The van der Waals surface area contributed by atoms with Crippen LogP contribution in [-0.4, -0.2) is 35.8 Å². The molecule has 0 bridgehead atoms. The minimum Gasteiger partial charge on any atom is -0.477 e. The van der Waals surface area contributed by atoms with Crippen LogP contribution in [0.3, 0.4) is 0 Å². The number of carboxylic acid groups (broad SMARTS) is 1. The summed E-state index contributed by atoms with van der Waals surface area (Å²) in [7, 11) is 0. The fourth-order valence-corrected chi connectivity index (χ4v) is 1.60. The molecule has 1 aromatic rings. The predicted octanol–water partition coefficient (Wildman–Crippen LogP) is 2.52. The normalized spacial score (nSPS) is 10.7. The van der Waals surface area contributed by atoms with Gasteiger partial charge in [0, 0.05) is 13.2 Å². The number of nitrogens with zero attached hydrogens (tertiary/aromatic N) is 1. The van der Waals surface area contributed by atoms with Gasteiger partial charge in [-0.05, 0) is 12.0 Å². The highest BCUT2D eigenvalue weighted by molar-refractivity contribution is 5.93. The quantitative estimate of drug-likeness (QED) is 0.434. The van der Waals surface area contributed by atoms with E-state index >= 15 is 0 Å². The summed E-state index contributed by atoms with van der Waals surface area (Å²) < 4.78 is 19.0. The topological polar surface area (TPSA) is 102 Å². The molecule has 0 saturated heterocycles. The minimum atomic E-state index is -1.49. The van der Waals surface area contributed by atoms with Crippen LogP contribution in [0.5, 0.6) is 0 Å². The number of rotatable bonds is 8. The molecule has 0 atom stereocenters. The summed E-state index contributed by atoms with van der Waals surface area (Å²) in [6.45, 7) is 5.12. The molecule has 0 amide bonds. The molecule has 116 valence electrons. The minimum absolute atomic E-state index is 0.105. The molecule has 0 radical (unpaired) electrons. The fraction of sp³-hybridized carbons (Fsp3) is 0.462. The van der Waals surface area contributed by atoms with Crippen LogP contribution >= 0.6 is 0 Å². The Hall–Kier alpha value is -2.22. The van der Waals surface area contributed by atoms with Gasteiger partial charge in [-0.2, -0.15) is 0 Å². The molecule has 0 aliphatic carbocycles. The average Bonchev–Trinajstić information content (AvgIpc) is 2.38. The summed E-state index contributed by atoms with van der Waals surface area (Å²) in [6.07, 6.45) is 0. The molecule has 21 heavy (non-hydrogen) atoms. The Morgan fingerprint density at radius 1 is 1.52 bits per heavy atom. The maximum Gasteiger partial charge on any atom is 0.342 e. The van der Waals surface area contributed by atoms with Crippen molar-refractivity contribution in [3.63, 3.8) is 0 Å². The van der Waals surface area contributed by atoms with Crippen LogP contribution in [-0.2, 0) is 4.74 Å². The molecule has 0 aliphatic rings. The number of benzene rings is 1. The average molecular weight is 300 g/mol. The Labute approximate surface area is 120 Å². The van der Waals surface area contributed by atoms with Gasteiger partial charge in [0.1, 0.15) is 5.56 Å². The summed E-state index contributed by atoms with van der Waals surface area (Å²) in [5, 5.41) is 22.3. The zero-order valence-electron chi connectivity index (χ0n) is 11.8. The van der Waals surface area contributed by atoms with Gasteiger partial charge in [-0.1, -0.05) is 13.8 Å². The number of ether oxygens (including phenoxy) is 1. The van der Waals surface area contributed by atoms with Crippen molar-refractivity contribution in [2.24, 2.45) is 5.92 Å². The second kappa shape index (κ2) is 7.53. The van der Waals surface area contributed by atoms with E-state index in [4.69, 9.17) is 9.84 Å². The molecular weight excluding hydrogens is 283 g/mol. The third-order valence-electron chi connectivity index (χ3n) is 2.53. The van der Waals surface area contributed by atoms with Crippen LogP contribution in [0.2, 0.25) is 0 Å². The van der Waals surface area contributed by atoms with E-state index in [-0.39, 0.29) is 12.2 Å². The van der Waals surface area contributed by atoms with Crippen LogP contribution in [0.1, 0.15) is 24.2 Å². The first-order valence-corrected chi connectivity index (χ1v) is 6.35. The number of aromatic carboxylic acids is 1. The summed E-state index contributed by atoms with van der Waals surface area (Å²) >= 11 is 0. The van der Waals surface area contributed by atoms with Crippen molar-refractivity contribution in [3.8, 4) is 0 Å². The molecule has 0 aliphatic heterocycles. The van der Waals surface area contributed by atoms with E-state index in [0.29, 0.717) is 25.2 Å². The Bertz CT molecular complexity index is 534. The number of nitro groups is 1. The van der Waals surface area contributed by atoms with Crippen molar-refractivity contribution in [1.82, 2.24) is 0 Å². The molecule has 0 aromatic heterocycles. The van der Waals surface area contributed by atoms with E-state index < -0.39 is 28.0 Å². The van der Waals surface area contributed by atoms with Crippen LogP contribution in [0, 0.1) is 21.8 Å². The number of carbonyl (C=O) groups is 1. The van der Waals surface area contributed by atoms with Gasteiger partial charge >= 0.3 is 5.97 Å². The highest BCUT2D eigenvalue weighted by atomic mass is 19.1. The summed E-state index contributed by atoms with van der Waals surface area (Å²) in [6, 6.07) is 1.51. The van der Waals surface area contributed by atoms with Gasteiger partial charge in [-0.25, -0.2) is 9.18 Å². The number of halogens is 1. The molecule has 2 N–H and O–H groups in total. The van der Waals surface area contributed by atoms with Crippen molar-refractivity contribution in [1.29, 1.82) is 0 Å². The fourth-order valence-electron chi connectivity index (χ4n) is 1.60. The summed E-state index contributed by atoms with van der Waals surface area (Å²) in [4.78, 5) is 20.7. The third kappa shape index (κ3) is 4.99. The lowest BCUT2D eigenvalue weighted by molar-refractivity contribution is -0.385. The van der Waals surface area contributed by atoms with E-state index in [9.17, 15) is 19.3 Å². The number of nitrogens with one attached hydrogen (secondary N) is 1. The van der Waals surface area contributed by atoms with E-state index in [1.165, 1.54) is 0 Å². The Morgan fingerprint density at radius 2 is 2.19 bits per heavy atom. The Kier molecular flexibility index (Phi) is 6.04. The number of anilines is 1. The molecular formula is C13H17FN2O5. The number of hydrogen-bond donors (Lipinski definition) is 2. The second-order valence-electron chi connectivity index (χ2n) is 4.81. The van der Waals surface area contributed by atoms with Gasteiger partial charge in [0.25, 0.3) is 5.69 Å². The lowest BCUT2D eigenvalue weighted by atomic mass is 10.1. The van der Waals surface area contributed by atoms with Gasteiger partial charge < -0.3 is 15.2 Å². The number of nitro benzene ring substituents is 1. The summed E-state index contributed by atoms with van der Waals surface area (Å²) in [5.74, 6) is -1.99. The van der Waals surface area contributed by atoms with Crippen molar-refractivity contribution in [2.75, 3.05) is 25.1 Å². The van der Waals surface area contributed by atoms with Crippen LogP contribution in [0.25, 0.3) is 0 Å². The van der Waals surface area contributed by atoms with Crippen molar-refractivity contribution in [2.45, 2.75) is 13.8 Å². The van der Waals surface area contributed by atoms with E-state index in [0.717, 1.165) is 6.07 Å². The smallest absolute Gasteiger partial charge is 0.342 e. The molecule has 1 rings (SSSR count). The summed E-state index contributed by atoms with van der Waals surface area (Å²) in [5.41, 5.74) is -1.44. The van der Waals surface area contributed by atoms with Crippen LogP contribution in [0.4, 0.5) is 15.8 Å². The first kappa shape index (κ1) is 16.8. The van der Waals surface area contributed by atoms with Crippen molar-refractivity contribution >= 4 is 17.3 Å². The maximum absolute atomic E-state index is 13.7. The first-order chi connectivity index (χ1) is 9.82. The zero-order valence-corrected chi connectivity index (χ0v) is 11.8. The molecule has 0 fully saturated rings. The zero-order chi connectivity index (χ0) is 16.0. The van der Waals surface area contributed by atoms with Gasteiger partial charge in [-0.3, -0.25) is 10.1 Å². The van der Waals surface area contributed by atoms with E-state index in [2.05, 4.69) is 5.32 Å². The van der Waals surface area contributed by atoms with Crippen molar-refractivity contribution in [3.05, 3.63) is 33.6 Å². The largest absolute Gasteiger partial charge is 0.477 e. The Balaban J connectivity index is 2.77. The monoisotopic (exact) mass is 300 g/mol.